The molecule has 1 heterocycles. The second-order valence-electron chi connectivity index (χ2n) is 3.01. The van der Waals surface area contributed by atoms with E-state index in [9.17, 15) is 0 Å². The summed E-state index contributed by atoms with van der Waals surface area (Å²) < 4.78 is 0. The number of hydrogen-bond acceptors (Lipinski definition) is 5. The van der Waals surface area contributed by atoms with Crippen molar-refractivity contribution in [3.8, 4) is 0 Å². The fourth-order valence-electron chi connectivity index (χ4n) is 0.905. The first-order valence-electron chi connectivity index (χ1n) is 4.54. The lowest BCUT2D eigenvalue weighted by Crippen LogP contribution is -2.20. The van der Waals surface area contributed by atoms with Gasteiger partial charge in [-0.2, -0.15) is 11.8 Å². The van der Waals surface area contributed by atoms with Crippen molar-refractivity contribution < 1.29 is 0 Å². The third-order valence-electron chi connectivity index (χ3n) is 1.56. The summed E-state index contributed by atoms with van der Waals surface area (Å²) >= 11 is 3.10. The Morgan fingerprint density at radius 1 is 1.39 bits per heavy atom. The average molecular weight is 331 g/mol. The van der Waals surface area contributed by atoms with E-state index in [0.29, 0.717) is 11.6 Å². The molecule has 7 N–H and O–H groups in total. The van der Waals surface area contributed by atoms with Crippen LogP contribution in [0.15, 0.2) is 5.38 Å². The average Bonchev–Trinajstić information content (AvgIpc) is 2.59. The van der Waals surface area contributed by atoms with Crippen molar-refractivity contribution in [2.75, 3.05) is 11.1 Å². The molecule has 0 bridgehead atoms. The van der Waals surface area contributed by atoms with Crippen molar-refractivity contribution >= 4 is 64.8 Å². The Hall–Kier alpha value is -0.700. The minimum Gasteiger partial charge on any atom is -0.388 e. The van der Waals surface area contributed by atoms with E-state index < -0.39 is 0 Å². The van der Waals surface area contributed by atoms with Gasteiger partial charge >= 0.3 is 0 Å². The van der Waals surface area contributed by atoms with Crippen molar-refractivity contribution in [3.05, 3.63) is 11.1 Å². The standard InChI is InChI=1S/C8H14N6S2.2ClH/c9-6(10)1-2-15-3-5-4-16-8(13-5)14-7(11)12;;/h4H,1-3H2,(H3,9,10)(H4,11,12,13,14);2*1H. The number of thioether (sulfide) groups is 1. The highest BCUT2D eigenvalue weighted by Gasteiger charge is 2.02. The van der Waals surface area contributed by atoms with Gasteiger partial charge in [0.1, 0.15) is 0 Å². The Kier molecular flexibility index (Phi) is 11.2. The summed E-state index contributed by atoms with van der Waals surface area (Å²) in [6, 6.07) is 0. The van der Waals surface area contributed by atoms with E-state index in [1.807, 2.05) is 5.38 Å². The first-order chi connectivity index (χ1) is 7.58. The van der Waals surface area contributed by atoms with Crippen molar-refractivity contribution in [1.82, 2.24) is 4.98 Å². The molecule has 0 atom stereocenters. The van der Waals surface area contributed by atoms with Gasteiger partial charge in [0.15, 0.2) is 11.1 Å². The summed E-state index contributed by atoms with van der Waals surface area (Å²) in [6.07, 6.45) is 0.605. The number of guanidine groups is 1. The molecule has 6 nitrogen and oxygen atoms in total. The van der Waals surface area contributed by atoms with Crippen LogP contribution in [0.4, 0.5) is 5.13 Å². The molecule has 0 aliphatic heterocycles. The number of nitrogens with one attached hydrogen (secondary N) is 3. The van der Waals surface area contributed by atoms with E-state index in [4.69, 9.17) is 22.3 Å². The van der Waals surface area contributed by atoms with Crippen LogP contribution in [0.25, 0.3) is 0 Å². The highest BCUT2D eigenvalue weighted by atomic mass is 35.5. The van der Waals surface area contributed by atoms with E-state index in [1.165, 1.54) is 11.3 Å². The number of nitrogens with two attached hydrogens (primary N) is 2. The van der Waals surface area contributed by atoms with Crippen LogP contribution >= 0.6 is 47.9 Å². The second kappa shape index (κ2) is 10.2. The number of aromatic nitrogens is 1. The molecule has 10 heteroatoms. The van der Waals surface area contributed by atoms with Crippen LogP contribution in [0.2, 0.25) is 0 Å². The maximum atomic E-state index is 7.06. The van der Waals surface area contributed by atoms with E-state index in [-0.39, 0.29) is 36.6 Å². The lowest BCUT2D eigenvalue weighted by molar-refractivity contribution is 1.20. The molecule has 0 amide bonds. The molecular formula is C8H16Cl2N6S2. The fraction of sp³-hybridized carbons (Fsp3) is 0.375. The molecule has 0 spiro atoms. The Morgan fingerprint density at radius 3 is 2.61 bits per heavy atom. The minimum atomic E-state index is -0.106. The lowest BCUT2D eigenvalue weighted by Gasteiger charge is -1.98. The molecule has 18 heavy (non-hydrogen) atoms. The number of thiazole rings is 1. The van der Waals surface area contributed by atoms with Crippen LogP contribution in [0.3, 0.4) is 0 Å². The first-order valence-corrected chi connectivity index (χ1v) is 6.57. The Morgan fingerprint density at radius 2 is 2.06 bits per heavy atom. The molecule has 1 rings (SSSR count). The molecule has 0 radical (unpaired) electrons. The predicted octanol–water partition coefficient (Wildman–Crippen LogP) is 1.85. The lowest BCUT2D eigenvalue weighted by atomic mass is 10.5. The highest BCUT2D eigenvalue weighted by molar-refractivity contribution is 7.98. The maximum Gasteiger partial charge on any atom is 0.192 e. The largest absolute Gasteiger partial charge is 0.388 e. The maximum absolute atomic E-state index is 7.06. The molecule has 0 aliphatic carbocycles. The SMILES string of the molecule is Cl.Cl.N=C(N)CCSCc1csc(NC(=N)N)n1. The van der Waals surface area contributed by atoms with Crippen LogP contribution < -0.4 is 16.8 Å². The van der Waals surface area contributed by atoms with Gasteiger partial charge < -0.3 is 16.8 Å². The molecule has 1 aromatic rings. The molecule has 0 unspecified atom stereocenters. The number of anilines is 1. The van der Waals surface area contributed by atoms with Gasteiger partial charge in [-0.05, 0) is 0 Å². The van der Waals surface area contributed by atoms with Crippen LogP contribution in [0.5, 0.6) is 0 Å². The molecular weight excluding hydrogens is 315 g/mol. The van der Waals surface area contributed by atoms with Crippen LogP contribution in [-0.2, 0) is 5.75 Å². The van der Waals surface area contributed by atoms with Crippen LogP contribution in [-0.4, -0.2) is 22.5 Å². The van der Waals surface area contributed by atoms with Crippen LogP contribution in [0.1, 0.15) is 12.1 Å². The quantitative estimate of drug-likeness (QED) is 0.309. The van der Waals surface area contributed by atoms with Crippen molar-refractivity contribution in [3.63, 3.8) is 0 Å². The van der Waals surface area contributed by atoms with Gasteiger partial charge in [-0.15, -0.1) is 36.2 Å². The molecule has 104 valence electrons. The number of nitrogens with zero attached hydrogens (tertiary/aromatic N) is 1. The number of amidine groups is 1. The summed E-state index contributed by atoms with van der Waals surface area (Å²) in [5.74, 6) is 1.71. The van der Waals surface area contributed by atoms with Gasteiger partial charge in [0.2, 0.25) is 0 Å². The summed E-state index contributed by atoms with van der Waals surface area (Å²) in [6.45, 7) is 0. The Labute approximate surface area is 126 Å². The fourth-order valence-corrected chi connectivity index (χ4v) is 2.60. The van der Waals surface area contributed by atoms with Gasteiger partial charge in [0.05, 0.1) is 11.5 Å². The highest BCUT2D eigenvalue weighted by Crippen LogP contribution is 2.19. The molecule has 0 fully saturated rings. The number of hydrogen-bond donors (Lipinski definition) is 5. The molecule has 0 aliphatic rings. The summed E-state index contributed by atoms with van der Waals surface area (Å²) in [5.41, 5.74) is 11.4. The predicted molar refractivity (Wildman–Crippen MR) is 84.8 cm³/mol. The van der Waals surface area contributed by atoms with E-state index in [0.717, 1.165) is 17.2 Å². The summed E-state index contributed by atoms with van der Waals surface area (Å²) in [7, 11) is 0. The Bertz CT molecular complexity index is 383. The normalized spacial score (nSPS) is 8.89. The molecule has 1 aromatic heterocycles. The third kappa shape index (κ3) is 8.40. The number of halogens is 2. The van der Waals surface area contributed by atoms with Crippen molar-refractivity contribution in [1.29, 1.82) is 10.8 Å². The van der Waals surface area contributed by atoms with Gasteiger partial charge in [-0.3, -0.25) is 10.8 Å². The molecule has 0 aromatic carbocycles. The summed E-state index contributed by atoms with van der Waals surface area (Å²) in [5, 5.41) is 19.3. The van der Waals surface area contributed by atoms with Gasteiger partial charge in [-0.25, -0.2) is 4.98 Å². The zero-order valence-corrected chi connectivity index (χ0v) is 12.7. The third-order valence-corrected chi connectivity index (χ3v) is 3.36. The van der Waals surface area contributed by atoms with E-state index >= 15 is 0 Å². The zero-order valence-electron chi connectivity index (χ0n) is 9.43. The smallest absolute Gasteiger partial charge is 0.192 e. The topological polar surface area (TPSA) is 125 Å². The Balaban J connectivity index is 0. The molecule has 0 saturated heterocycles. The zero-order chi connectivity index (χ0) is 12.0. The minimum absolute atomic E-state index is 0. The van der Waals surface area contributed by atoms with E-state index in [2.05, 4.69) is 10.3 Å². The van der Waals surface area contributed by atoms with Crippen LogP contribution in [0, 0.1) is 10.8 Å². The van der Waals surface area contributed by atoms with Crippen molar-refractivity contribution in [2.45, 2.75) is 12.2 Å². The van der Waals surface area contributed by atoms with Gasteiger partial charge in [0, 0.05) is 23.3 Å². The van der Waals surface area contributed by atoms with Gasteiger partial charge in [-0.1, -0.05) is 0 Å². The van der Waals surface area contributed by atoms with Gasteiger partial charge in [0.25, 0.3) is 0 Å². The first kappa shape index (κ1) is 19.6. The van der Waals surface area contributed by atoms with Crippen molar-refractivity contribution in [2.24, 2.45) is 11.5 Å². The second-order valence-corrected chi connectivity index (χ2v) is 4.97. The molecule has 0 saturated carbocycles. The van der Waals surface area contributed by atoms with E-state index in [1.54, 1.807) is 11.8 Å². The number of rotatable bonds is 6. The monoisotopic (exact) mass is 330 g/mol. The summed E-state index contributed by atoms with van der Waals surface area (Å²) in [4.78, 5) is 4.25.